The summed E-state index contributed by atoms with van der Waals surface area (Å²) >= 11 is 0. The minimum Gasteiger partial charge on any atom is -0.478 e. The molecule has 0 saturated heterocycles. The van der Waals surface area contributed by atoms with E-state index in [1.165, 1.54) is 0 Å². The second-order valence-corrected chi connectivity index (χ2v) is 2.89. The smallest absolute Gasteiger partial charge is 0.257 e. The van der Waals surface area contributed by atoms with Gasteiger partial charge in [-0.3, -0.25) is 0 Å². The van der Waals surface area contributed by atoms with Crippen LogP contribution >= 0.6 is 12.4 Å². The highest BCUT2D eigenvalue weighted by molar-refractivity contribution is 5.85. The van der Waals surface area contributed by atoms with Crippen LogP contribution in [0.25, 0.3) is 5.52 Å². The fourth-order valence-electron chi connectivity index (χ4n) is 1.35. The second kappa shape index (κ2) is 3.75. The van der Waals surface area contributed by atoms with Crippen molar-refractivity contribution >= 4 is 23.6 Å². The minimum atomic E-state index is 0. The number of fused-ring (bicyclic) bond motifs is 1. The third-order valence-corrected chi connectivity index (χ3v) is 2.04. The van der Waals surface area contributed by atoms with Crippen molar-refractivity contribution in [3.05, 3.63) is 23.9 Å². The Morgan fingerprint density at radius 3 is 2.71 bits per heavy atom. The molecule has 0 saturated carbocycles. The van der Waals surface area contributed by atoms with E-state index in [0.29, 0.717) is 11.6 Å². The van der Waals surface area contributed by atoms with Gasteiger partial charge in [-0.15, -0.1) is 17.5 Å². The molecule has 0 spiro atoms. The Bertz CT molecular complexity index is 452. The summed E-state index contributed by atoms with van der Waals surface area (Å²) in [5.41, 5.74) is 8.32. The largest absolute Gasteiger partial charge is 0.478 e. The fourth-order valence-corrected chi connectivity index (χ4v) is 1.35. The van der Waals surface area contributed by atoms with E-state index in [2.05, 4.69) is 5.10 Å². The van der Waals surface area contributed by atoms with Crippen LogP contribution in [-0.4, -0.2) is 16.7 Å². The zero-order valence-electron chi connectivity index (χ0n) is 8.02. The molecular weight excluding hydrogens is 202 g/mol. The predicted octanol–water partition coefficient (Wildman–Crippen LogP) is 1.66. The molecule has 0 bridgehead atoms. The summed E-state index contributed by atoms with van der Waals surface area (Å²) in [7, 11) is 1.56. The third-order valence-electron chi connectivity index (χ3n) is 2.04. The Balaban J connectivity index is 0.000000980. The highest BCUT2D eigenvalue weighted by Gasteiger charge is 2.09. The standard InChI is InChI=1S/C9H11N3O.ClH/c1-6-4-3-5-7-8(10)9(13-2)11-12(6)7;/h3-5H,10H2,1-2H3;1H. The van der Waals surface area contributed by atoms with Crippen molar-refractivity contribution in [1.82, 2.24) is 9.61 Å². The van der Waals surface area contributed by atoms with Gasteiger partial charge in [-0.25, -0.2) is 4.52 Å². The monoisotopic (exact) mass is 213 g/mol. The van der Waals surface area contributed by atoms with E-state index in [1.807, 2.05) is 25.1 Å². The van der Waals surface area contributed by atoms with Gasteiger partial charge in [0.25, 0.3) is 5.88 Å². The molecule has 2 aromatic heterocycles. The first-order valence-electron chi connectivity index (χ1n) is 4.02. The van der Waals surface area contributed by atoms with Crippen molar-refractivity contribution in [1.29, 1.82) is 0 Å². The molecule has 14 heavy (non-hydrogen) atoms. The Morgan fingerprint density at radius 1 is 1.43 bits per heavy atom. The highest BCUT2D eigenvalue weighted by Crippen LogP contribution is 2.25. The first-order chi connectivity index (χ1) is 6.24. The van der Waals surface area contributed by atoms with Crippen molar-refractivity contribution in [3.8, 4) is 5.88 Å². The lowest BCUT2D eigenvalue weighted by atomic mass is 10.3. The molecule has 0 aliphatic heterocycles. The van der Waals surface area contributed by atoms with Crippen LogP contribution < -0.4 is 10.5 Å². The number of hydrogen-bond donors (Lipinski definition) is 1. The van der Waals surface area contributed by atoms with Crippen LogP contribution in [-0.2, 0) is 0 Å². The summed E-state index contributed by atoms with van der Waals surface area (Å²) in [6.07, 6.45) is 0. The van der Waals surface area contributed by atoms with Gasteiger partial charge in [-0.05, 0) is 19.1 Å². The molecule has 0 atom stereocenters. The maximum atomic E-state index is 5.81. The van der Waals surface area contributed by atoms with Gasteiger partial charge in [0.15, 0.2) is 0 Å². The van der Waals surface area contributed by atoms with Crippen molar-refractivity contribution in [2.24, 2.45) is 0 Å². The average molecular weight is 214 g/mol. The fraction of sp³-hybridized carbons (Fsp3) is 0.222. The molecule has 4 nitrogen and oxygen atoms in total. The van der Waals surface area contributed by atoms with Gasteiger partial charge in [0, 0.05) is 5.69 Å². The first kappa shape index (κ1) is 10.7. The number of aromatic nitrogens is 2. The molecule has 0 amide bonds. The quantitative estimate of drug-likeness (QED) is 0.784. The Hall–Kier alpha value is -1.42. The zero-order valence-corrected chi connectivity index (χ0v) is 8.84. The lowest BCUT2D eigenvalue weighted by molar-refractivity contribution is 0.396. The van der Waals surface area contributed by atoms with Crippen molar-refractivity contribution in [2.45, 2.75) is 6.92 Å². The second-order valence-electron chi connectivity index (χ2n) is 2.89. The van der Waals surface area contributed by atoms with Crippen LogP contribution in [0.15, 0.2) is 18.2 Å². The first-order valence-corrected chi connectivity index (χ1v) is 4.02. The number of pyridine rings is 1. The number of anilines is 1. The van der Waals surface area contributed by atoms with Gasteiger partial charge in [-0.2, -0.15) is 0 Å². The molecule has 2 N–H and O–H groups in total. The maximum Gasteiger partial charge on any atom is 0.257 e. The van der Waals surface area contributed by atoms with E-state index in [1.54, 1.807) is 11.6 Å². The lowest BCUT2D eigenvalue weighted by Gasteiger charge is -1.95. The van der Waals surface area contributed by atoms with E-state index >= 15 is 0 Å². The molecule has 76 valence electrons. The number of halogens is 1. The van der Waals surface area contributed by atoms with Crippen LogP contribution in [0.3, 0.4) is 0 Å². The van der Waals surface area contributed by atoms with E-state index in [-0.39, 0.29) is 12.4 Å². The van der Waals surface area contributed by atoms with Crippen molar-refractivity contribution in [2.75, 3.05) is 12.8 Å². The molecule has 2 heterocycles. The number of aryl methyl sites for hydroxylation is 1. The topological polar surface area (TPSA) is 52.5 Å². The number of nitrogens with two attached hydrogens (primary N) is 1. The predicted molar refractivity (Wildman–Crippen MR) is 58.1 cm³/mol. The maximum absolute atomic E-state index is 5.81. The van der Waals surface area contributed by atoms with Crippen molar-refractivity contribution < 1.29 is 4.74 Å². The van der Waals surface area contributed by atoms with Crippen LogP contribution in [0.2, 0.25) is 0 Å². The van der Waals surface area contributed by atoms with Gasteiger partial charge in [0.05, 0.1) is 12.6 Å². The number of methoxy groups -OCH3 is 1. The molecule has 0 aliphatic rings. The zero-order chi connectivity index (χ0) is 9.42. The number of hydrogen-bond acceptors (Lipinski definition) is 3. The summed E-state index contributed by atoms with van der Waals surface area (Å²) in [6.45, 7) is 1.97. The van der Waals surface area contributed by atoms with Crippen molar-refractivity contribution in [3.63, 3.8) is 0 Å². The summed E-state index contributed by atoms with van der Waals surface area (Å²) in [5.74, 6) is 0.481. The number of nitrogen functional groups attached to an aromatic ring is 1. The lowest BCUT2D eigenvalue weighted by Crippen LogP contribution is -1.92. The SMILES string of the molecule is COc1nn2c(C)cccc2c1N.Cl. The van der Waals surface area contributed by atoms with Crippen LogP contribution in [0, 0.1) is 6.92 Å². The molecule has 2 rings (SSSR count). The molecule has 0 unspecified atom stereocenters. The Morgan fingerprint density at radius 2 is 2.14 bits per heavy atom. The van der Waals surface area contributed by atoms with E-state index in [4.69, 9.17) is 10.5 Å². The summed E-state index contributed by atoms with van der Waals surface area (Å²) < 4.78 is 6.80. The van der Waals surface area contributed by atoms with Gasteiger partial charge in [0.1, 0.15) is 5.69 Å². The average Bonchev–Trinajstić information content (AvgIpc) is 2.45. The molecule has 2 aromatic rings. The van der Waals surface area contributed by atoms with Gasteiger partial charge in [-0.1, -0.05) is 6.07 Å². The van der Waals surface area contributed by atoms with E-state index in [0.717, 1.165) is 11.2 Å². The van der Waals surface area contributed by atoms with E-state index in [9.17, 15) is 0 Å². The Kier molecular flexibility index (Phi) is 2.86. The van der Waals surface area contributed by atoms with Gasteiger partial charge >= 0.3 is 0 Å². The highest BCUT2D eigenvalue weighted by atomic mass is 35.5. The third kappa shape index (κ3) is 1.37. The van der Waals surface area contributed by atoms with E-state index < -0.39 is 0 Å². The number of nitrogens with zero attached hydrogens (tertiary/aromatic N) is 2. The molecular formula is C9H12ClN3O. The molecule has 0 radical (unpaired) electrons. The molecule has 0 fully saturated rings. The molecule has 5 heteroatoms. The van der Waals surface area contributed by atoms with Gasteiger partial charge in [0.2, 0.25) is 0 Å². The Labute approximate surface area is 88.1 Å². The summed E-state index contributed by atoms with van der Waals surface area (Å²) in [5, 5.41) is 4.20. The van der Waals surface area contributed by atoms with Crippen LogP contribution in [0.1, 0.15) is 5.69 Å². The van der Waals surface area contributed by atoms with Gasteiger partial charge < -0.3 is 10.5 Å². The molecule has 0 aliphatic carbocycles. The summed E-state index contributed by atoms with van der Waals surface area (Å²) in [4.78, 5) is 0. The van der Waals surface area contributed by atoms with Crippen LogP contribution in [0.5, 0.6) is 5.88 Å². The number of rotatable bonds is 1. The number of ether oxygens (including phenoxy) is 1. The molecule has 0 aromatic carbocycles. The normalized spacial score (nSPS) is 9.86. The summed E-state index contributed by atoms with van der Waals surface area (Å²) in [6, 6.07) is 5.83. The van der Waals surface area contributed by atoms with Crippen LogP contribution in [0.4, 0.5) is 5.69 Å². The minimum absolute atomic E-state index is 0.